The van der Waals surface area contributed by atoms with Gasteiger partial charge in [-0.05, 0) is 12.1 Å². The third-order valence-corrected chi connectivity index (χ3v) is 3.11. The number of alkyl halides is 3. The molecule has 116 valence electrons. The molecule has 0 heterocycles. The molecule has 0 aromatic heterocycles. The second-order valence-corrected chi connectivity index (χ2v) is 4.42. The molecule has 22 heavy (non-hydrogen) atoms. The van der Waals surface area contributed by atoms with Crippen molar-refractivity contribution >= 4 is 5.78 Å². The zero-order valence-corrected chi connectivity index (χ0v) is 11.9. The summed E-state index contributed by atoms with van der Waals surface area (Å²) in [6.07, 6.45) is -4.60. The summed E-state index contributed by atoms with van der Waals surface area (Å²) in [5.74, 6) is -1.17. The lowest BCUT2D eigenvalue weighted by Gasteiger charge is -2.17. The molecule has 2 rings (SSSR count). The van der Waals surface area contributed by atoms with Crippen LogP contribution in [0.5, 0.6) is 11.5 Å². The lowest BCUT2D eigenvalue weighted by molar-refractivity contribution is -0.138. The van der Waals surface area contributed by atoms with E-state index in [1.807, 2.05) is 0 Å². The number of benzene rings is 2. The summed E-state index contributed by atoms with van der Waals surface area (Å²) >= 11 is 0. The lowest BCUT2D eigenvalue weighted by atomic mass is 9.99. The Morgan fingerprint density at radius 2 is 1.50 bits per heavy atom. The van der Waals surface area contributed by atoms with Crippen molar-refractivity contribution in [2.24, 2.45) is 0 Å². The number of hydrogen-bond donors (Lipinski definition) is 0. The quantitative estimate of drug-likeness (QED) is 0.802. The van der Waals surface area contributed by atoms with E-state index in [9.17, 15) is 18.0 Å². The highest BCUT2D eigenvalue weighted by atomic mass is 19.4. The number of carbonyl (C=O) groups is 1. The van der Waals surface area contributed by atoms with Crippen LogP contribution >= 0.6 is 0 Å². The van der Waals surface area contributed by atoms with Gasteiger partial charge < -0.3 is 9.47 Å². The first-order valence-corrected chi connectivity index (χ1v) is 6.32. The minimum atomic E-state index is -4.60. The molecule has 0 atom stereocenters. The summed E-state index contributed by atoms with van der Waals surface area (Å²) in [4.78, 5) is 12.4. The third kappa shape index (κ3) is 2.90. The molecule has 3 nitrogen and oxygen atoms in total. The summed E-state index contributed by atoms with van der Waals surface area (Å²) in [6, 6.07) is 10.1. The number of ketones is 1. The molecule has 0 unspecified atom stereocenters. The van der Waals surface area contributed by atoms with E-state index in [0.29, 0.717) is 5.56 Å². The average molecular weight is 310 g/mol. The van der Waals surface area contributed by atoms with Crippen LogP contribution in [-0.4, -0.2) is 20.0 Å². The van der Waals surface area contributed by atoms with Crippen LogP contribution in [-0.2, 0) is 6.18 Å². The van der Waals surface area contributed by atoms with E-state index in [4.69, 9.17) is 9.47 Å². The van der Waals surface area contributed by atoms with Gasteiger partial charge in [-0.3, -0.25) is 4.79 Å². The Morgan fingerprint density at radius 1 is 0.909 bits per heavy atom. The molecule has 0 saturated heterocycles. The van der Waals surface area contributed by atoms with Gasteiger partial charge in [-0.15, -0.1) is 0 Å². The number of carbonyl (C=O) groups excluding carboxylic acids is 1. The summed E-state index contributed by atoms with van der Waals surface area (Å²) in [5.41, 5.74) is -0.627. The average Bonchev–Trinajstić information content (AvgIpc) is 2.52. The molecule has 0 N–H and O–H groups in total. The van der Waals surface area contributed by atoms with Crippen molar-refractivity contribution < 1.29 is 27.4 Å². The highest BCUT2D eigenvalue weighted by Gasteiger charge is 2.37. The Bertz CT molecular complexity index is 679. The van der Waals surface area contributed by atoms with E-state index >= 15 is 0 Å². The van der Waals surface area contributed by atoms with Crippen molar-refractivity contribution in [1.29, 1.82) is 0 Å². The molecule has 0 amide bonds. The van der Waals surface area contributed by atoms with Crippen molar-refractivity contribution in [3.8, 4) is 11.5 Å². The fourth-order valence-electron chi connectivity index (χ4n) is 2.12. The van der Waals surface area contributed by atoms with E-state index < -0.39 is 23.3 Å². The standard InChI is InChI=1S/C16H13F3O3/c1-21-14-11(13(20)10-6-4-3-5-7-10)8-9-12(15(14)22-2)16(17,18)19/h3-9H,1-2H3. The van der Waals surface area contributed by atoms with E-state index in [1.54, 1.807) is 30.3 Å². The Labute approximate surface area is 125 Å². The Kier molecular flexibility index (Phi) is 4.40. The lowest BCUT2D eigenvalue weighted by Crippen LogP contribution is -2.12. The molecule has 2 aromatic carbocycles. The highest BCUT2D eigenvalue weighted by molar-refractivity contribution is 6.11. The number of rotatable bonds is 4. The van der Waals surface area contributed by atoms with Crippen LogP contribution in [0, 0.1) is 0 Å². The van der Waals surface area contributed by atoms with E-state index in [0.717, 1.165) is 19.2 Å². The molecular formula is C16H13F3O3. The molecule has 0 spiro atoms. The predicted molar refractivity (Wildman–Crippen MR) is 74.4 cm³/mol. The highest BCUT2D eigenvalue weighted by Crippen LogP contribution is 2.43. The number of ether oxygens (including phenoxy) is 2. The van der Waals surface area contributed by atoms with Crippen molar-refractivity contribution in [2.75, 3.05) is 14.2 Å². The van der Waals surface area contributed by atoms with Crippen LogP contribution in [0.1, 0.15) is 21.5 Å². The normalized spacial score (nSPS) is 11.1. The van der Waals surface area contributed by atoms with Crippen LogP contribution in [0.25, 0.3) is 0 Å². The summed E-state index contributed by atoms with van der Waals surface area (Å²) in [5, 5.41) is 0. The fourth-order valence-corrected chi connectivity index (χ4v) is 2.12. The first-order chi connectivity index (χ1) is 10.4. The van der Waals surface area contributed by atoms with E-state index in [-0.39, 0.29) is 11.3 Å². The fraction of sp³-hybridized carbons (Fsp3) is 0.188. The molecule has 0 aliphatic heterocycles. The first kappa shape index (κ1) is 15.9. The zero-order valence-electron chi connectivity index (χ0n) is 11.9. The molecule has 0 bridgehead atoms. The third-order valence-electron chi connectivity index (χ3n) is 3.11. The molecule has 0 aliphatic carbocycles. The van der Waals surface area contributed by atoms with Crippen LogP contribution in [0.3, 0.4) is 0 Å². The molecule has 0 radical (unpaired) electrons. The molecule has 2 aromatic rings. The maximum Gasteiger partial charge on any atom is 0.420 e. The van der Waals surface area contributed by atoms with Gasteiger partial charge in [-0.25, -0.2) is 0 Å². The summed E-state index contributed by atoms with van der Waals surface area (Å²) in [6.45, 7) is 0. The van der Waals surface area contributed by atoms with Gasteiger partial charge in [-0.1, -0.05) is 30.3 Å². The number of halogens is 3. The van der Waals surface area contributed by atoms with Crippen molar-refractivity contribution in [2.45, 2.75) is 6.18 Å². The van der Waals surface area contributed by atoms with Gasteiger partial charge in [0.1, 0.15) is 5.56 Å². The number of methoxy groups -OCH3 is 2. The molecule has 0 saturated carbocycles. The maximum atomic E-state index is 13.0. The monoisotopic (exact) mass is 310 g/mol. The van der Waals surface area contributed by atoms with Crippen molar-refractivity contribution in [3.63, 3.8) is 0 Å². The van der Waals surface area contributed by atoms with Gasteiger partial charge in [-0.2, -0.15) is 13.2 Å². The molecular weight excluding hydrogens is 297 g/mol. The van der Waals surface area contributed by atoms with Crippen LogP contribution in [0.4, 0.5) is 13.2 Å². The van der Waals surface area contributed by atoms with Crippen LogP contribution in [0.2, 0.25) is 0 Å². The molecule has 0 aliphatic rings. The minimum Gasteiger partial charge on any atom is -0.492 e. The second-order valence-electron chi connectivity index (χ2n) is 4.42. The van der Waals surface area contributed by atoms with Gasteiger partial charge in [0, 0.05) is 5.56 Å². The zero-order chi connectivity index (χ0) is 16.3. The Balaban J connectivity index is 2.61. The van der Waals surface area contributed by atoms with Gasteiger partial charge in [0.25, 0.3) is 0 Å². The SMILES string of the molecule is COc1c(C(=O)c2ccccc2)ccc(C(F)(F)F)c1OC. The molecule has 6 heteroatoms. The Hall–Kier alpha value is -2.50. The first-order valence-electron chi connectivity index (χ1n) is 6.32. The van der Waals surface area contributed by atoms with Gasteiger partial charge in [0.2, 0.25) is 0 Å². The summed E-state index contributed by atoms with van der Waals surface area (Å²) in [7, 11) is 2.30. The maximum absolute atomic E-state index is 13.0. The van der Waals surface area contributed by atoms with E-state index in [2.05, 4.69) is 0 Å². The van der Waals surface area contributed by atoms with E-state index in [1.165, 1.54) is 7.11 Å². The van der Waals surface area contributed by atoms with Crippen molar-refractivity contribution in [1.82, 2.24) is 0 Å². The predicted octanol–water partition coefficient (Wildman–Crippen LogP) is 3.95. The largest absolute Gasteiger partial charge is 0.492 e. The van der Waals surface area contributed by atoms with Gasteiger partial charge in [0.15, 0.2) is 17.3 Å². The smallest absolute Gasteiger partial charge is 0.420 e. The van der Waals surface area contributed by atoms with Crippen LogP contribution in [0.15, 0.2) is 42.5 Å². The summed E-state index contributed by atoms with van der Waals surface area (Å²) < 4.78 is 48.8. The minimum absolute atomic E-state index is 0.0125. The Morgan fingerprint density at radius 3 is 2.00 bits per heavy atom. The molecule has 0 fully saturated rings. The van der Waals surface area contributed by atoms with Crippen molar-refractivity contribution in [3.05, 3.63) is 59.2 Å². The number of hydrogen-bond acceptors (Lipinski definition) is 3. The topological polar surface area (TPSA) is 35.5 Å². The van der Waals surface area contributed by atoms with Crippen LogP contribution < -0.4 is 9.47 Å². The van der Waals surface area contributed by atoms with Gasteiger partial charge >= 0.3 is 6.18 Å². The second kappa shape index (κ2) is 6.09. The van der Waals surface area contributed by atoms with Gasteiger partial charge in [0.05, 0.1) is 19.8 Å².